The molecule has 0 saturated carbocycles. The maximum absolute atomic E-state index is 12.5. The van der Waals surface area contributed by atoms with Crippen molar-refractivity contribution >= 4 is 45.6 Å². The number of rotatable bonds is 6. The molecule has 3 aromatic rings. The van der Waals surface area contributed by atoms with E-state index in [4.69, 9.17) is 27.9 Å². The van der Waals surface area contributed by atoms with Gasteiger partial charge >= 0.3 is 0 Å². The van der Waals surface area contributed by atoms with Gasteiger partial charge in [0.2, 0.25) is 5.13 Å². The maximum Gasteiger partial charge on any atom is 0.267 e. The Morgan fingerprint density at radius 3 is 2.59 bits per heavy atom. The minimum atomic E-state index is -0.645. The van der Waals surface area contributed by atoms with Crippen molar-refractivity contribution in [1.82, 2.24) is 10.2 Å². The van der Waals surface area contributed by atoms with E-state index in [0.717, 1.165) is 11.1 Å². The summed E-state index contributed by atoms with van der Waals surface area (Å²) in [4.78, 5) is 12.5. The number of carbonyl (C=O) groups excluding carboxylic acids is 1. The summed E-state index contributed by atoms with van der Waals surface area (Å²) in [5, 5.41) is 13.3. The molecule has 1 aromatic heterocycles. The van der Waals surface area contributed by atoms with Crippen LogP contribution in [0.5, 0.6) is 5.75 Å². The number of hydrogen-bond donors (Lipinski definition) is 1. The van der Waals surface area contributed by atoms with Crippen molar-refractivity contribution in [3.05, 3.63) is 58.1 Å². The molecule has 0 aliphatic carbocycles. The molecule has 1 amide bonds. The molecule has 140 valence electrons. The third-order valence-electron chi connectivity index (χ3n) is 3.82. The number of carbonyl (C=O) groups is 1. The third-order valence-corrected chi connectivity index (χ3v) is 5.38. The van der Waals surface area contributed by atoms with Crippen LogP contribution in [0.1, 0.15) is 18.9 Å². The topological polar surface area (TPSA) is 64.1 Å². The zero-order valence-electron chi connectivity index (χ0n) is 14.7. The van der Waals surface area contributed by atoms with Gasteiger partial charge in [0.15, 0.2) is 6.10 Å². The van der Waals surface area contributed by atoms with Crippen molar-refractivity contribution in [3.63, 3.8) is 0 Å². The molecule has 0 bridgehead atoms. The van der Waals surface area contributed by atoms with E-state index in [1.54, 1.807) is 24.3 Å². The summed E-state index contributed by atoms with van der Waals surface area (Å²) in [5.74, 6) is 0.321. The Hall–Kier alpha value is -2.15. The van der Waals surface area contributed by atoms with Gasteiger partial charge in [-0.1, -0.05) is 53.6 Å². The maximum atomic E-state index is 12.5. The Labute approximate surface area is 171 Å². The first kappa shape index (κ1) is 19.6. The van der Waals surface area contributed by atoms with Crippen LogP contribution in [0, 0.1) is 6.92 Å². The first-order valence-corrected chi connectivity index (χ1v) is 9.86. The molecule has 1 atom stereocenters. The second-order valence-corrected chi connectivity index (χ2v) is 7.66. The molecule has 2 aromatic carbocycles. The van der Waals surface area contributed by atoms with Crippen molar-refractivity contribution in [1.29, 1.82) is 0 Å². The normalized spacial score (nSPS) is 11.9. The van der Waals surface area contributed by atoms with Crippen molar-refractivity contribution in [2.45, 2.75) is 26.4 Å². The van der Waals surface area contributed by atoms with Crippen LogP contribution in [0.25, 0.3) is 10.6 Å². The van der Waals surface area contributed by atoms with E-state index >= 15 is 0 Å². The lowest BCUT2D eigenvalue weighted by molar-refractivity contribution is -0.122. The molecule has 5 nitrogen and oxygen atoms in total. The SMILES string of the molecule is CC[C@@H](Oc1ccc(Cl)c(C)c1)C(=O)Nc1nnc(-c2ccc(Cl)cc2)s1. The number of amides is 1. The molecule has 0 aliphatic rings. The van der Waals surface area contributed by atoms with Gasteiger partial charge in [-0.2, -0.15) is 0 Å². The van der Waals surface area contributed by atoms with Crippen LogP contribution in [0.3, 0.4) is 0 Å². The molecule has 27 heavy (non-hydrogen) atoms. The van der Waals surface area contributed by atoms with Gasteiger partial charge in [0.25, 0.3) is 5.91 Å². The number of aryl methyl sites for hydroxylation is 1. The number of nitrogens with one attached hydrogen (secondary N) is 1. The van der Waals surface area contributed by atoms with Gasteiger partial charge in [-0.25, -0.2) is 0 Å². The second-order valence-electron chi connectivity index (χ2n) is 5.83. The van der Waals surface area contributed by atoms with Crippen molar-refractivity contribution in [2.75, 3.05) is 5.32 Å². The van der Waals surface area contributed by atoms with Gasteiger partial charge in [0.1, 0.15) is 10.8 Å². The lowest BCUT2D eigenvalue weighted by atomic mass is 10.2. The highest BCUT2D eigenvalue weighted by atomic mass is 35.5. The van der Waals surface area contributed by atoms with Gasteiger partial charge < -0.3 is 4.74 Å². The number of anilines is 1. The fourth-order valence-electron chi connectivity index (χ4n) is 2.35. The van der Waals surface area contributed by atoms with Crippen LogP contribution in [0.4, 0.5) is 5.13 Å². The molecule has 8 heteroatoms. The van der Waals surface area contributed by atoms with Crippen molar-refractivity contribution in [2.24, 2.45) is 0 Å². The fourth-order valence-corrected chi connectivity index (χ4v) is 3.34. The monoisotopic (exact) mass is 421 g/mol. The predicted octanol–water partition coefficient (Wildman–Crippen LogP) is 5.62. The summed E-state index contributed by atoms with van der Waals surface area (Å²) in [6, 6.07) is 12.6. The van der Waals surface area contributed by atoms with Gasteiger partial charge in [-0.15, -0.1) is 10.2 Å². The average molecular weight is 422 g/mol. The minimum absolute atomic E-state index is 0.274. The predicted molar refractivity (Wildman–Crippen MR) is 110 cm³/mol. The van der Waals surface area contributed by atoms with Crippen LogP contribution in [0.2, 0.25) is 10.0 Å². The lowest BCUT2D eigenvalue weighted by Crippen LogP contribution is -2.32. The van der Waals surface area contributed by atoms with E-state index in [0.29, 0.717) is 32.4 Å². The highest BCUT2D eigenvalue weighted by Gasteiger charge is 2.20. The summed E-state index contributed by atoms with van der Waals surface area (Å²) < 4.78 is 5.81. The molecule has 0 radical (unpaired) electrons. The molecular weight excluding hydrogens is 405 g/mol. The zero-order valence-corrected chi connectivity index (χ0v) is 17.0. The molecular formula is C19H17Cl2N3O2S. The molecule has 1 heterocycles. The van der Waals surface area contributed by atoms with Crippen LogP contribution in [0.15, 0.2) is 42.5 Å². The van der Waals surface area contributed by atoms with E-state index in [2.05, 4.69) is 15.5 Å². The number of hydrogen-bond acceptors (Lipinski definition) is 5. The average Bonchev–Trinajstić information content (AvgIpc) is 3.11. The van der Waals surface area contributed by atoms with E-state index < -0.39 is 6.10 Å². The zero-order chi connectivity index (χ0) is 19.4. The first-order valence-electron chi connectivity index (χ1n) is 8.29. The smallest absolute Gasteiger partial charge is 0.267 e. The molecule has 0 unspecified atom stereocenters. The summed E-state index contributed by atoms with van der Waals surface area (Å²) in [6.07, 6.45) is -0.135. The number of benzene rings is 2. The van der Waals surface area contributed by atoms with Crippen molar-refractivity contribution in [3.8, 4) is 16.3 Å². The minimum Gasteiger partial charge on any atom is -0.481 e. The largest absolute Gasteiger partial charge is 0.481 e. The van der Waals surface area contributed by atoms with E-state index in [1.807, 2.05) is 32.0 Å². The fraction of sp³-hybridized carbons (Fsp3) is 0.211. The van der Waals surface area contributed by atoms with E-state index in [9.17, 15) is 4.79 Å². The van der Waals surface area contributed by atoms with E-state index in [-0.39, 0.29) is 5.91 Å². The molecule has 3 rings (SSSR count). The highest BCUT2D eigenvalue weighted by Crippen LogP contribution is 2.28. The number of ether oxygens (including phenoxy) is 1. The van der Waals surface area contributed by atoms with Crippen molar-refractivity contribution < 1.29 is 9.53 Å². The second kappa shape index (κ2) is 8.69. The molecule has 0 aliphatic heterocycles. The Bertz CT molecular complexity index is 944. The molecule has 0 spiro atoms. The van der Waals surface area contributed by atoms with Gasteiger partial charge in [-0.05, 0) is 49.2 Å². The molecule has 0 saturated heterocycles. The summed E-state index contributed by atoms with van der Waals surface area (Å²) >= 11 is 13.2. The number of nitrogens with zero attached hydrogens (tertiary/aromatic N) is 2. The Morgan fingerprint density at radius 1 is 1.19 bits per heavy atom. The van der Waals surface area contributed by atoms with Gasteiger partial charge in [0.05, 0.1) is 0 Å². The number of aromatic nitrogens is 2. The van der Waals surface area contributed by atoms with Crippen LogP contribution < -0.4 is 10.1 Å². The summed E-state index contributed by atoms with van der Waals surface area (Å²) in [5.41, 5.74) is 1.78. The van der Waals surface area contributed by atoms with Crippen LogP contribution >= 0.6 is 34.5 Å². The highest BCUT2D eigenvalue weighted by molar-refractivity contribution is 7.18. The first-order chi connectivity index (χ1) is 13.0. The molecule has 0 fully saturated rings. The summed E-state index contributed by atoms with van der Waals surface area (Å²) in [7, 11) is 0. The molecule has 1 N–H and O–H groups in total. The third kappa shape index (κ3) is 4.97. The number of halogens is 2. The Balaban J connectivity index is 1.67. The quantitative estimate of drug-likeness (QED) is 0.560. The Morgan fingerprint density at radius 2 is 1.93 bits per heavy atom. The van der Waals surface area contributed by atoms with Crippen LogP contribution in [-0.2, 0) is 4.79 Å². The van der Waals surface area contributed by atoms with Crippen LogP contribution in [-0.4, -0.2) is 22.2 Å². The Kier molecular flexibility index (Phi) is 6.31. The van der Waals surface area contributed by atoms with E-state index in [1.165, 1.54) is 11.3 Å². The van der Waals surface area contributed by atoms with Gasteiger partial charge in [0, 0.05) is 15.6 Å². The standard InChI is InChI=1S/C19H17Cl2N3O2S/c1-3-16(26-14-8-9-15(21)11(2)10-14)17(25)22-19-24-23-18(27-19)12-4-6-13(20)7-5-12/h4-10,16H,3H2,1-2H3,(H,22,24,25)/t16-/m1/s1. The summed E-state index contributed by atoms with van der Waals surface area (Å²) in [6.45, 7) is 3.77. The van der Waals surface area contributed by atoms with Gasteiger partial charge in [-0.3, -0.25) is 10.1 Å². The lowest BCUT2D eigenvalue weighted by Gasteiger charge is -2.16.